The predicted octanol–water partition coefficient (Wildman–Crippen LogP) is 3.23. The molecule has 0 rings (SSSR count). The van der Waals surface area contributed by atoms with Crippen molar-refractivity contribution in [3.8, 4) is 0 Å². The van der Waals surface area contributed by atoms with Crippen LogP contribution in [0.3, 0.4) is 0 Å². The molecule has 72 valence electrons. The Hall–Kier alpha value is -0.0100. The van der Waals surface area contributed by atoms with Crippen molar-refractivity contribution < 1.29 is 4.74 Å². The number of rotatable bonds is 8. The van der Waals surface area contributed by atoms with Crippen LogP contribution in [0.2, 0.25) is 0 Å². The van der Waals surface area contributed by atoms with Gasteiger partial charge >= 0.3 is 0 Å². The maximum absolute atomic E-state index is 5.77. The first-order chi connectivity index (χ1) is 5.85. The van der Waals surface area contributed by atoms with E-state index in [1.165, 1.54) is 0 Å². The summed E-state index contributed by atoms with van der Waals surface area (Å²) >= 11 is 5.77. The fraction of sp³-hybridized carbons (Fsp3) is 0.800. The number of alkyl halides is 1. The molecule has 0 aromatic carbocycles. The maximum Gasteiger partial charge on any atom is 0.0466 e. The molecule has 0 radical (unpaired) electrons. The lowest BCUT2D eigenvalue weighted by Gasteiger charge is -2.10. The third kappa shape index (κ3) is 6.68. The first-order valence-electron chi connectivity index (χ1n) is 4.59. The van der Waals surface area contributed by atoms with E-state index >= 15 is 0 Å². The lowest BCUT2D eigenvalue weighted by molar-refractivity contribution is 0.140. The summed E-state index contributed by atoms with van der Waals surface area (Å²) < 4.78 is 5.24. The minimum atomic E-state index is 0.588. The molecule has 0 aromatic heterocycles. The molecular formula is C10H19ClO. The van der Waals surface area contributed by atoms with E-state index in [2.05, 4.69) is 6.58 Å². The van der Waals surface area contributed by atoms with Crippen molar-refractivity contribution in [1.82, 2.24) is 0 Å². The Bertz CT molecular complexity index is 104. The van der Waals surface area contributed by atoms with Gasteiger partial charge in [0.2, 0.25) is 0 Å². The van der Waals surface area contributed by atoms with Crippen LogP contribution < -0.4 is 0 Å². The summed E-state index contributed by atoms with van der Waals surface area (Å²) in [6.07, 6.45) is 5.22. The highest BCUT2D eigenvalue weighted by Crippen LogP contribution is 2.13. The minimum absolute atomic E-state index is 0.588. The van der Waals surface area contributed by atoms with E-state index in [0.29, 0.717) is 5.92 Å². The van der Waals surface area contributed by atoms with Gasteiger partial charge in [-0.05, 0) is 32.1 Å². The van der Waals surface area contributed by atoms with E-state index in [4.69, 9.17) is 16.3 Å². The van der Waals surface area contributed by atoms with Crippen molar-refractivity contribution in [3.05, 3.63) is 12.7 Å². The molecule has 0 fully saturated rings. The standard InChI is InChI=1S/C10H19ClO/c1-3-6-10(9-11)7-5-8-12-4-2/h3,10H,1,4-9H2,2H3. The van der Waals surface area contributed by atoms with Gasteiger partial charge in [-0.3, -0.25) is 0 Å². The van der Waals surface area contributed by atoms with Crippen LogP contribution in [-0.2, 0) is 4.74 Å². The second kappa shape index (κ2) is 9.08. The number of hydrogen-bond donors (Lipinski definition) is 0. The summed E-state index contributed by atoms with van der Waals surface area (Å²) in [5, 5.41) is 0. The largest absolute Gasteiger partial charge is 0.382 e. The lowest BCUT2D eigenvalue weighted by atomic mass is 10.0. The quantitative estimate of drug-likeness (QED) is 0.325. The van der Waals surface area contributed by atoms with Gasteiger partial charge in [0.1, 0.15) is 0 Å². The zero-order valence-electron chi connectivity index (χ0n) is 7.89. The topological polar surface area (TPSA) is 9.23 Å². The summed E-state index contributed by atoms with van der Waals surface area (Å²) in [5.41, 5.74) is 0. The molecule has 0 aliphatic heterocycles. The number of hydrogen-bond acceptors (Lipinski definition) is 1. The summed E-state index contributed by atoms with van der Waals surface area (Å²) in [6.45, 7) is 7.39. The monoisotopic (exact) mass is 190 g/mol. The number of allylic oxidation sites excluding steroid dienone is 1. The minimum Gasteiger partial charge on any atom is -0.382 e. The SMILES string of the molecule is C=CCC(CCl)CCCOCC. The molecule has 0 spiro atoms. The summed E-state index contributed by atoms with van der Waals surface area (Å²) in [4.78, 5) is 0. The Kier molecular flexibility index (Phi) is 9.07. The fourth-order valence-corrected chi connectivity index (χ4v) is 1.39. The Morgan fingerprint density at radius 1 is 1.58 bits per heavy atom. The van der Waals surface area contributed by atoms with E-state index in [1.807, 2.05) is 13.0 Å². The number of halogens is 1. The summed E-state index contributed by atoms with van der Waals surface area (Å²) in [6, 6.07) is 0. The molecule has 0 amide bonds. The highest BCUT2D eigenvalue weighted by atomic mass is 35.5. The van der Waals surface area contributed by atoms with Gasteiger partial charge in [-0.25, -0.2) is 0 Å². The van der Waals surface area contributed by atoms with Crippen molar-refractivity contribution in [2.24, 2.45) is 5.92 Å². The molecule has 0 N–H and O–H groups in total. The van der Waals surface area contributed by atoms with Gasteiger partial charge in [0.05, 0.1) is 0 Å². The first kappa shape index (κ1) is 12.0. The van der Waals surface area contributed by atoms with Crippen LogP contribution in [-0.4, -0.2) is 19.1 Å². The Balaban J connectivity index is 3.25. The van der Waals surface area contributed by atoms with Crippen molar-refractivity contribution in [2.45, 2.75) is 26.2 Å². The molecule has 0 aromatic rings. The Labute approximate surface area is 80.8 Å². The molecule has 0 bridgehead atoms. The summed E-state index contributed by atoms with van der Waals surface area (Å²) in [5.74, 6) is 1.32. The van der Waals surface area contributed by atoms with Gasteiger partial charge in [-0.1, -0.05) is 6.08 Å². The molecule has 1 unspecified atom stereocenters. The van der Waals surface area contributed by atoms with Crippen molar-refractivity contribution in [2.75, 3.05) is 19.1 Å². The van der Waals surface area contributed by atoms with Crippen molar-refractivity contribution >= 4 is 11.6 Å². The van der Waals surface area contributed by atoms with Gasteiger partial charge in [-0.15, -0.1) is 18.2 Å². The average molecular weight is 191 g/mol. The molecule has 0 aliphatic rings. The van der Waals surface area contributed by atoms with E-state index < -0.39 is 0 Å². The number of ether oxygens (including phenoxy) is 1. The average Bonchev–Trinajstić information content (AvgIpc) is 2.10. The van der Waals surface area contributed by atoms with Gasteiger partial charge < -0.3 is 4.74 Å². The van der Waals surface area contributed by atoms with Gasteiger partial charge in [0.25, 0.3) is 0 Å². The van der Waals surface area contributed by atoms with Gasteiger partial charge in [0.15, 0.2) is 0 Å². The van der Waals surface area contributed by atoms with E-state index in [0.717, 1.165) is 38.4 Å². The highest BCUT2D eigenvalue weighted by Gasteiger charge is 2.03. The third-order valence-corrected chi connectivity index (χ3v) is 2.26. The van der Waals surface area contributed by atoms with Crippen molar-refractivity contribution in [3.63, 3.8) is 0 Å². The molecule has 0 heterocycles. The van der Waals surface area contributed by atoms with Crippen LogP contribution in [0.15, 0.2) is 12.7 Å². The molecule has 1 atom stereocenters. The van der Waals surface area contributed by atoms with Gasteiger partial charge in [0, 0.05) is 19.1 Å². The van der Waals surface area contributed by atoms with E-state index in [9.17, 15) is 0 Å². The molecule has 0 saturated carbocycles. The van der Waals surface area contributed by atoms with Crippen LogP contribution in [0.25, 0.3) is 0 Å². The van der Waals surface area contributed by atoms with E-state index in [1.54, 1.807) is 0 Å². The Morgan fingerprint density at radius 3 is 2.83 bits per heavy atom. The molecule has 2 heteroatoms. The summed E-state index contributed by atoms with van der Waals surface area (Å²) in [7, 11) is 0. The van der Waals surface area contributed by atoms with Crippen LogP contribution in [0, 0.1) is 5.92 Å². The van der Waals surface area contributed by atoms with Crippen LogP contribution >= 0.6 is 11.6 Å². The van der Waals surface area contributed by atoms with Crippen LogP contribution in [0.5, 0.6) is 0 Å². The highest BCUT2D eigenvalue weighted by molar-refractivity contribution is 6.18. The fourth-order valence-electron chi connectivity index (χ4n) is 1.11. The Morgan fingerprint density at radius 2 is 2.33 bits per heavy atom. The maximum atomic E-state index is 5.77. The molecule has 0 saturated heterocycles. The van der Waals surface area contributed by atoms with Crippen molar-refractivity contribution in [1.29, 1.82) is 0 Å². The molecular weight excluding hydrogens is 172 g/mol. The second-order valence-corrected chi connectivity index (χ2v) is 3.19. The molecule has 1 nitrogen and oxygen atoms in total. The third-order valence-electron chi connectivity index (χ3n) is 1.82. The molecule has 0 aliphatic carbocycles. The smallest absolute Gasteiger partial charge is 0.0466 e. The normalized spacial score (nSPS) is 12.8. The zero-order chi connectivity index (χ0) is 9.23. The van der Waals surface area contributed by atoms with Crippen LogP contribution in [0.1, 0.15) is 26.2 Å². The predicted molar refractivity (Wildman–Crippen MR) is 54.8 cm³/mol. The first-order valence-corrected chi connectivity index (χ1v) is 5.13. The zero-order valence-corrected chi connectivity index (χ0v) is 8.65. The lowest BCUT2D eigenvalue weighted by Crippen LogP contribution is -2.03. The van der Waals surface area contributed by atoms with Gasteiger partial charge in [-0.2, -0.15) is 0 Å². The second-order valence-electron chi connectivity index (χ2n) is 2.88. The van der Waals surface area contributed by atoms with E-state index in [-0.39, 0.29) is 0 Å². The van der Waals surface area contributed by atoms with Crippen LogP contribution in [0.4, 0.5) is 0 Å². The molecule has 12 heavy (non-hydrogen) atoms.